The maximum atomic E-state index is 13.5. The van der Waals surface area contributed by atoms with Gasteiger partial charge in [-0.2, -0.15) is 0 Å². The van der Waals surface area contributed by atoms with Gasteiger partial charge in [0, 0.05) is 31.1 Å². The molecule has 196 valence electrons. The van der Waals surface area contributed by atoms with Crippen molar-refractivity contribution in [2.45, 2.75) is 6.42 Å². The lowest BCUT2D eigenvalue weighted by molar-refractivity contribution is -0.114. The molecule has 0 unspecified atom stereocenters. The van der Waals surface area contributed by atoms with E-state index in [1.54, 1.807) is 24.3 Å². The predicted octanol–water partition coefficient (Wildman–Crippen LogP) is 5.21. The number of rotatable bonds is 10. The molecule has 2 heterocycles. The van der Waals surface area contributed by atoms with Crippen LogP contribution in [0, 0.1) is 0 Å². The Kier molecular flexibility index (Phi) is 8.99. The van der Waals surface area contributed by atoms with Crippen LogP contribution in [0.15, 0.2) is 43.0 Å². The van der Waals surface area contributed by atoms with Gasteiger partial charge in [0.25, 0.3) is 5.91 Å². The number of amides is 1. The second-order valence-electron chi connectivity index (χ2n) is 8.17. The Bertz CT molecular complexity index is 1300. The third-order valence-electron chi connectivity index (χ3n) is 5.72. The zero-order chi connectivity index (χ0) is 26.4. The number of fused-ring (bicyclic) bond motifs is 1. The summed E-state index contributed by atoms with van der Waals surface area (Å²) in [5.74, 6) is -1.05. The Morgan fingerprint density at radius 3 is 2.73 bits per heavy atom. The van der Waals surface area contributed by atoms with Crippen LogP contribution < -0.4 is 20.1 Å². The van der Waals surface area contributed by atoms with Crippen LogP contribution in [-0.4, -0.2) is 67.3 Å². The highest BCUT2D eigenvalue weighted by Gasteiger charge is 2.17. The molecule has 37 heavy (non-hydrogen) atoms. The number of aromatic nitrogens is 2. The zero-order valence-corrected chi connectivity index (χ0v) is 21.7. The fraction of sp³-hybridized carbons (Fsp3) is 0.320. The van der Waals surface area contributed by atoms with Gasteiger partial charge < -0.3 is 24.8 Å². The van der Waals surface area contributed by atoms with Crippen LogP contribution >= 0.6 is 23.2 Å². The predicted molar refractivity (Wildman–Crippen MR) is 142 cm³/mol. The number of anilines is 3. The summed E-state index contributed by atoms with van der Waals surface area (Å²) < 4.78 is 30.1. The molecule has 9 nitrogen and oxygen atoms in total. The minimum Gasteiger partial charge on any atom is -0.494 e. The topological polar surface area (TPSA) is 97.8 Å². The fourth-order valence-corrected chi connectivity index (χ4v) is 4.40. The van der Waals surface area contributed by atoms with Gasteiger partial charge in [-0.05, 0) is 24.6 Å². The van der Waals surface area contributed by atoms with E-state index in [2.05, 4.69) is 32.1 Å². The van der Waals surface area contributed by atoms with Gasteiger partial charge in [-0.25, -0.2) is 14.4 Å². The molecule has 0 spiro atoms. The average Bonchev–Trinajstić information content (AvgIpc) is 2.89. The fourth-order valence-electron chi connectivity index (χ4n) is 3.83. The first-order chi connectivity index (χ1) is 17.9. The maximum absolute atomic E-state index is 13.5. The number of nitrogens with zero attached hydrogens (tertiary/aromatic N) is 3. The summed E-state index contributed by atoms with van der Waals surface area (Å²) in [6.45, 7) is 7.51. The van der Waals surface area contributed by atoms with Crippen LogP contribution in [0.2, 0.25) is 10.0 Å². The summed E-state index contributed by atoms with van der Waals surface area (Å²) in [5.41, 5.74) is 1.28. The molecule has 1 amide bonds. The number of morpholine rings is 1. The number of hydrogen-bond donors (Lipinski definition) is 2. The molecular formula is C25H26Cl2FN5O4. The van der Waals surface area contributed by atoms with Gasteiger partial charge in [-0.15, -0.1) is 0 Å². The van der Waals surface area contributed by atoms with E-state index in [4.69, 9.17) is 37.4 Å². The number of halogens is 3. The molecule has 0 saturated carbocycles. The van der Waals surface area contributed by atoms with E-state index in [9.17, 15) is 9.18 Å². The number of ether oxygens (including phenoxy) is 3. The van der Waals surface area contributed by atoms with E-state index in [1.807, 2.05) is 0 Å². The number of nitrogens with one attached hydrogen (secondary N) is 2. The molecule has 1 fully saturated rings. The van der Waals surface area contributed by atoms with Crippen LogP contribution in [-0.2, 0) is 9.53 Å². The van der Waals surface area contributed by atoms with Gasteiger partial charge in [0.2, 0.25) is 0 Å². The Hall–Kier alpha value is -3.18. The average molecular weight is 550 g/mol. The summed E-state index contributed by atoms with van der Waals surface area (Å²) in [6.07, 6.45) is 2.14. The number of benzene rings is 2. The summed E-state index contributed by atoms with van der Waals surface area (Å²) in [5, 5.41) is 6.82. The maximum Gasteiger partial charge on any atom is 0.283 e. The molecule has 1 aliphatic rings. The Labute approximate surface area is 223 Å². The van der Waals surface area contributed by atoms with E-state index in [0.717, 1.165) is 39.3 Å². The van der Waals surface area contributed by atoms with Crippen molar-refractivity contribution in [2.75, 3.05) is 57.2 Å². The van der Waals surface area contributed by atoms with Crippen molar-refractivity contribution in [3.8, 4) is 11.5 Å². The SMILES string of the molecule is C=C(F)C(=O)Nc1cc2c(Nc3ccc(Cl)c(OC)c3Cl)ncnc2cc1OCCCN1CCOCC1. The molecule has 3 aromatic rings. The Balaban J connectivity index is 1.61. The van der Waals surface area contributed by atoms with Gasteiger partial charge >= 0.3 is 0 Å². The van der Waals surface area contributed by atoms with Crippen molar-refractivity contribution >= 4 is 57.2 Å². The minimum atomic E-state index is -1.12. The molecule has 0 radical (unpaired) electrons. The Morgan fingerprint density at radius 1 is 1.22 bits per heavy atom. The number of carbonyl (C=O) groups excluding carboxylic acids is 1. The number of carbonyl (C=O) groups is 1. The minimum absolute atomic E-state index is 0.250. The molecule has 2 aromatic carbocycles. The Morgan fingerprint density at radius 2 is 2.00 bits per heavy atom. The zero-order valence-electron chi connectivity index (χ0n) is 20.2. The lowest BCUT2D eigenvalue weighted by Crippen LogP contribution is -2.37. The van der Waals surface area contributed by atoms with Crippen molar-refractivity contribution < 1.29 is 23.4 Å². The molecule has 0 aliphatic carbocycles. The molecule has 12 heteroatoms. The van der Waals surface area contributed by atoms with Crippen LogP contribution in [0.4, 0.5) is 21.6 Å². The van der Waals surface area contributed by atoms with Gasteiger partial charge in [0.15, 0.2) is 11.6 Å². The number of methoxy groups -OCH3 is 1. The van der Waals surface area contributed by atoms with Gasteiger partial charge in [-0.3, -0.25) is 9.69 Å². The molecule has 1 saturated heterocycles. The van der Waals surface area contributed by atoms with E-state index in [0.29, 0.717) is 45.5 Å². The largest absolute Gasteiger partial charge is 0.494 e. The summed E-state index contributed by atoms with van der Waals surface area (Å²) in [4.78, 5) is 23.1. The lowest BCUT2D eigenvalue weighted by Gasteiger charge is -2.26. The molecule has 1 aliphatic heterocycles. The van der Waals surface area contributed by atoms with E-state index in [1.165, 1.54) is 13.4 Å². The van der Waals surface area contributed by atoms with Crippen LogP contribution in [0.3, 0.4) is 0 Å². The smallest absolute Gasteiger partial charge is 0.283 e. The van der Waals surface area contributed by atoms with Crippen molar-refractivity contribution in [1.82, 2.24) is 14.9 Å². The second-order valence-corrected chi connectivity index (χ2v) is 8.96. The molecule has 0 bridgehead atoms. The highest BCUT2D eigenvalue weighted by molar-refractivity contribution is 6.39. The highest BCUT2D eigenvalue weighted by atomic mass is 35.5. The molecule has 1 aromatic heterocycles. The summed E-state index contributed by atoms with van der Waals surface area (Å²) >= 11 is 12.6. The first-order valence-electron chi connectivity index (χ1n) is 11.5. The third kappa shape index (κ3) is 6.58. The van der Waals surface area contributed by atoms with Gasteiger partial charge in [0.05, 0.1) is 48.8 Å². The van der Waals surface area contributed by atoms with Gasteiger partial charge in [-0.1, -0.05) is 29.8 Å². The van der Waals surface area contributed by atoms with Crippen LogP contribution in [0.5, 0.6) is 11.5 Å². The standard InChI is InChI=1S/C25H26Cl2FN5O4/c1-15(28)25(34)32-20-12-16-19(13-21(20)37-9-3-6-33-7-10-36-11-8-33)29-14-30-24(16)31-18-5-4-17(26)23(35-2)22(18)27/h4-5,12-14H,1,3,6-11H2,2H3,(H,32,34)(H,29,30,31). The normalized spacial score (nSPS) is 13.8. The highest BCUT2D eigenvalue weighted by Crippen LogP contribution is 2.40. The quantitative estimate of drug-likeness (QED) is 0.262. The first-order valence-corrected chi connectivity index (χ1v) is 12.3. The lowest BCUT2D eigenvalue weighted by atomic mass is 10.1. The second kappa shape index (κ2) is 12.4. The van der Waals surface area contributed by atoms with Gasteiger partial charge in [0.1, 0.15) is 22.9 Å². The monoisotopic (exact) mass is 549 g/mol. The van der Waals surface area contributed by atoms with Crippen molar-refractivity contribution in [3.63, 3.8) is 0 Å². The van der Waals surface area contributed by atoms with Crippen molar-refractivity contribution in [2.24, 2.45) is 0 Å². The van der Waals surface area contributed by atoms with Crippen molar-refractivity contribution in [1.29, 1.82) is 0 Å². The molecule has 2 N–H and O–H groups in total. The van der Waals surface area contributed by atoms with E-state index < -0.39 is 11.7 Å². The molecule has 4 rings (SSSR count). The number of hydrogen-bond acceptors (Lipinski definition) is 8. The molecule has 0 atom stereocenters. The third-order valence-corrected chi connectivity index (χ3v) is 6.39. The molecular weight excluding hydrogens is 524 g/mol. The summed E-state index contributed by atoms with van der Waals surface area (Å²) in [7, 11) is 1.47. The summed E-state index contributed by atoms with van der Waals surface area (Å²) in [6, 6.07) is 6.59. The van der Waals surface area contributed by atoms with Crippen LogP contribution in [0.25, 0.3) is 10.9 Å². The van der Waals surface area contributed by atoms with Crippen molar-refractivity contribution in [3.05, 3.63) is 53.0 Å². The van der Waals surface area contributed by atoms with Crippen LogP contribution in [0.1, 0.15) is 6.42 Å². The first kappa shape index (κ1) is 26.9. The van der Waals surface area contributed by atoms with E-state index in [-0.39, 0.29) is 10.7 Å². The van der Waals surface area contributed by atoms with E-state index >= 15 is 0 Å².